The minimum atomic E-state index is -1.36. The molecule has 0 aliphatic carbocycles. The minimum Gasteiger partial charge on any atom is -0.394 e. The molecule has 6 N–H and O–H groups in total. The number of hydrogen-bond donors (Lipinski definition) is 5. The van der Waals surface area contributed by atoms with Crippen molar-refractivity contribution in [3.8, 4) is 0 Å². The van der Waals surface area contributed by atoms with Crippen molar-refractivity contribution in [3.05, 3.63) is 0 Å². The van der Waals surface area contributed by atoms with Crippen LogP contribution in [0.4, 0.5) is 0 Å². The highest BCUT2D eigenvalue weighted by molar-refractivity contribution is 5.79. The molecule has 6 heteroatoms. The van der Waals surface area contributed by atoms with Gasteiger partial charge < -0.3 is 26.4 Å². The number of rotatable bonds is 8. The van der Waals surface area contributed by atoms with Crippen LogP contribution in [0, 0.1) is 5.92 Å². The molecule has 1 amide bonds. The molecule has 0 fully saturated rings. The largest absolute Gasteiger partial charge is 0.394 e. The highest BCUT2D eigenvalue weighted by Gasteiger charge is 2.31. The molecule has 0 aliphatic heterocycles. The Labute approximate surface area is 95.5 Å². The Kier molecular flexibility index (Phi) is 7.24. The summed E-state index contributed by atoms with van der Waals surface area (Å²) in [6.07, 6.45) is 1.46. The lowest BCUT2D eigenvalue weighted by Crippen LogP contribution is -2.58. The second kappa shape index (κ2) is 7.56. The molecule has 1 unspecified atom stereocenters. The van der Waals surface area contributed by atoms with Gasteiger partial charge in [-0.05, 0) is 6.42 Å². The van der Waals surface area contributed by atoms with E-state index in [-0.39, 0.29) is 18.4 Å². The van der Waals surface area contributed by atoms with Crippen molar-refractivity contribution in [3.63, 3.8) is 0 Å². The van der Waals surface area contributed by atoms with Crippen molar-refractivity contribution in [2.75, 3.05) is 26.4 Å². The van der Waals surface area contributed by atoms with Crippen molar-refractivity contribution >= 4 is 5.91 Å². The molecule has 1 atom stereocenters. The fraction of sp³-hybridized carbons (Fsp3) is 0.900. The minimum absolute atomic E-state index is 0.206. The van der Waals surface area contributed by atoms with Crippen LogP contribution in [0.15, 0.2) is 0 Å². The normalized spacial score (nSPS) is 13.6. The van der Waals surface area contributed by atoms with E-state index < -0.39 is 25.4 Å². The van der Waals surface area contributed by atoms with E-state index >= 15 is 0 Å². The lowest BCUT2D eigenvalue weighted by Gasteiger charge is -2.30. The van der Waals surface area contributed by atoms with Gasteiger partial charge in [-0.25, -0.2) is 0 Å². The highest BCUT2D eigenvalue weighted by Crippen LogP contribution is 2.08. The second-order valence-electron chi connectivity index (χ2n) is 3.97. The van der Waals surface area contributed by atoms with Gasteiger partial charge in [0.1, 0.15) is 5.54 Å². The van der Waals surface area contributed by atoms with Gasteiger partial charge in [-0.3, -0.25) is 4.79 Å². The van der Waals surface area contributed by atoms with Crippen LogP contribution in [-0.4, -0.2) is 53.1 Å². The Morgan fingerprint density at radius 3 is 2.12 bits per heavy atom. The molecule has 0 bridgehead atoms. The SMILES string of the molecule is CCCC(CN)C(=O)NC(CO)(CO)CO. The molecule has 0 heterocycles. The lowest BCUT2D eigenvalue weighted by molar-refractivity contribution is -0.129. The predicted molar refractivity (Wildman–Crippen MR) is 59.6 cm³/mol. The van der Waals surface area contributed by atoms with E-state index in [4.69, 9.17) is 21.1 Å². The molecular formula is C10H22N2O4. The molecule has 16 heavy (non-hydrogen) atoms. The van der Waals surface area contributed by atoms with Crippen LogP contribution in [0.3, 0.4) is 0 Å². The zero-order chi connectivity index (χ0) is 12.6. The van der Waals surface area contributed by atoms with Crippen LogP contribution >= 0.6 is 0 Å². The van der Waals surface area contributed by atoms with Gasteiger partial charge in [0, 0.05) is 6.54 Å². The quantitative estimate of drug-likeness (QED) is 0.339. The van der Waals surface area contributed by atoms with E-state index in [0.717, 1.165) is 6.42 Å². The summed E-state index contributed by atoms with van der Waals surface area (Å²) in [4.78, 5) is 11.7. The maximum Gasteiger partial charge on any atom is 0.225 e. The summed E-state index contributed by atoms with van der Waals surface area (Å²) in [6, 6.07) is 0. The van der Waals surface area contributed by atoms with E-state index in [0.29, 0.717) is 6.42 Å². The van der Waals surface area contributed by atoms with Crippen molar-refractivity contribution in [1.82, 2.24) is 5.32 Å². The summed E-state index contributed by atoms with van der Waals surface area (Å²) in [5.74, 6) is -0.699. The molecule has 0 spiro atoms. The van der Waals surface area contributed by atoms with Crippen molar-refractivity contribution in [2.24, 2.45) is 11.7 Å². The van der Waals surface area contributed by atoms with Gasteiger partial charge >= 0.3 is 0 Å². The summed E-state index contributed by atoms with van der Waals surface area (Å²) >= 11 is 0. The Hall–Kier alpha value is -0.690. The molecule has 0 aromatic carbocycles. The molecule has 0 saturated heterocycles. The zero-order valence-electron chi connectivity index (χ0n) is 9.65. The summed E-state index contributed by atoms with van der Waals surface area (Å²) in [7, 11) is 0. The lowest BCUT2D eigenvalue weighted by atomic mass is 9.98. The summed E-state index contributed by atoms with van der Waals surface area (Å²) in [5.41, 5.74) is 4.09. The Morgan fingerprint density at radius 1 is 1.31 bits per heavy atom. The standard InChI is InChI=1S/C10H22N2O4/c1-2-3-8(4-11)9(16)12-10(5-13,6-14)7-15/h8,13-15H,2-7,11H2,1H3,(H,12,16). The molecule has 0 aromatic rings. The molecular weight excluding hydrogens is 212 g/mol. The van der Waals surface area contributed by atoms with Crippen molar-refractivity contribution < 1.29 is 20.1 Å². The number of aliphatic hydroxyl groups excluding tert-OH is 3. The third-order valence-corrected chi connectivity index (χ3v) is 2.59. The molecule has 0 rings (SSSR count). The van der Waals surface area contributed by atoms with Gasteiger partial charge in [0.2, 0.25) is 5.91 Å². The first-order valence-electron chi connectivity index (χ1n) is 5.43. The van der Waals surface area contributed by atoms with Gasteiger partial charge in [-0.15, -0.1) is 0 Å². The number of carbonyl (C=O) groups is 1. The van der Waals surface area contributed by atoms with Crippen LogP contribution in [0.2, 0.25) is 0 Å². The molecule has 6 nitrogen and oxygen atoms in total. The van der Waals surface area contributed by atoms with E-state index in [1.807, 2.05) is 6.92 Å². The first-order chi connectivity index (χ1) is 7.59. The fourth-order valence-corrected chi connectivity index (χ4v) is 1.34. The average Bonchev–Trinajstić information content (AvgIpc) is 2.33. The molecule has 0 radical (unpaired) electrons. The Balaban J connectivity index is 4.48. The van der Waals surface area contributed by atoms with Gasteiger partial charge in [-0.2, -0.15) is 0 Å². The fourth-order valence-electron chi connectivity index (χ4n) is 1.34. The van der Waals surface area contributed by atoms with Crippen LogP contribution in [-0.2, 0) is 4.79 Å². The zero-order valence-corrected chi connectivity index (χ0v) is 9.65. The first kappa shape index (κ1) is 15.3. The average molecular weight is 234 g/mol. The number of hydrogen-bond acceptors (Lipinski definition) is 5. The van der Waals surface area contributed by atoms with E-state index in [2.05, 4.69) is 5.32 Å². The van der Waals surface area contributed by atoms with Crippen LogP contribution in [0.1, 0.15) is 19.8 Å². The van der Waals surface area contributed by atoms with Gasteiger partial charge in [0.15, 0.2) is 0 Å². The van der Waals surface area contributed by atoms with E-state index in [9.17, 15) is 4.79 Å². The topological polar surface area (TPSA) is 116 Å². The Morgan fingerprint density at radius 2 is 1.81 bits per heavy atom. The molecule has 0 saturated carbocycles. The maximum atomic E-state index is 11.7. The van der Waals surface area contributed by atoms with Crippen LogP contribution in [0.5, 0.6) is 0 Å². The van der Waals surface area contributed by atoms with Gasteiger partial charge in [0.05, 0.1) is 25.7 Å². The van der Waals surface area contributed by atoms with E-state index in [1.165, 1.54) is 0 Å². The highest BCUT2D eigenvalue weighted by atomic mass is 16.3. The first-order valence-corrected chi connectivity index (χ1v) is 5.43. The number of nitrogens with one attached hydrogen (secondary N) is 1. The Bertz CT molecular complexity index is 199. The number of nitrogens with two attached hydrogens (primary N) is 1. The van der Waals surface area contributed by atoms with Crippen LogP contribution in [0.25, 0.3) is 0 Å². The maximum absolute atomic E-state index is 11.7. The third-order valence-electron chi connectivity index (χ3n) is 2.59. The smallest absolute Gasteiger partial charge is 0.225 e. The molecule has 0 aliphatic rings. The van der Waals surface area contributed by atoms with Gasteiger partial charge in [-0.1, -0.05) is 13.3 Å². The molecule has 0 aromatic heterocycles. The predicted octanol–water partition coefficient (Wildman–Crippen LogP) is -1.81. The number of carbonyl (C=O) groups excluding carboxylic acids is 1. The third kappa shape index (κ3) is 4.05. The number of amides is 1. The molecule has 96 valence electrons. The van der Waals surface area contributed by atoms with Gasteiger partial charge in [0.25, 0.3) is 0 Å². The van der Waals surface area contributed by atoms with Crippen molar-refractivity contribution in [2.45, 2.75) is 25.3 Å². The summed E-state index contributed by atoms with van der Waals surface area (Å²) in [5, 5.41) is 29.6. The number of aliphatic hydroxyl groups is 3. The second-order valence-corrected chi connectivity index (χ2v) is 3.97. The van der Waals surface area contributed by atoms with E-state index in [1.54, 1.807) is 0 Å². The monoisotopic (exact) mass is 234 g/mol. The summed E-state index contributed by atoms with van der Waals surface area (Å²) in [6.45, 7) is 0.588. The summed E-state index contributed by atoms with van der Waals surface area (Å²) < 4.78 is 0. The van der Waals surface area contributed by atoms with Crippen molar-refractivity contribution in [1.29, 1.82) is 0 Å². The van der Waals surface area contributed by atoms with Crippen LogP contribution < -0.4 is 11.1 Å².